The Bertz CT molecular complexity index is 1260. The predicted molar refractivity (Wildman–Crippen MR) is 135 cm³/mol. The molecule has 1 fully saturated rings. The maximum Gasteiger partial charge on any atom is 0.312 e. The van der Waals surface area contributed by atoms with Crippen LogP contribution in [0.3, 0.4) is 0 Å². The summed E-state index contributed by atoms with van der Waals surface area (Å²) in [5.41, 5.74) is 3.95. The van der Waals surface area contributed by atoms with E-state index in [0.717, 1.165) is 34.3 Å². The largest absolute Gasteiger partial charge is 0.493 e. The van der Waals surface area contributed by atoms with Gasteiger partial charge in [0.1, 0.15) is 5.75 Å². The number of ether oxygens (including phenoxy) is 2. The lowest BCUT2D eigenvalue weighted by atomic mass is 9.67. The van der Waals surface area contributed by atoms with Gasteiger partial charge in [-0.2, -0.15) is 0 Å². The highest BCUT2D eigenvalue weighted by Crippen LogP contribution is 2.63. The molecule has 0 bridgehead atoms. The molecule has 0 saturated carbocycles. The summed E-state index contributed by atoms with van der Waals surface area (Å²) in [7, 11) is 0. The molecule has 174 valence electrons. The molecule has 6 rings (SSSR count). The summed E-state index contributed by atoms with van der Waals surface area (Å²) < 4.78 is 13.0. The van der Waals surface area contributed by atoms with Crippen LogP contribution in [0.5, 0.6) is 5.75 Å². The van der Waals surface area contributed by atoms with Crippen molar-refractivity contribution in [3.05, 3.63) is 98.5 Å². The van der Waals surface area contributed by atoms with Gasteiger partial charge < -0.3 is 9.47 Å². The van der Waals surface area contributed by atoms with E-state index in [9.17, 15) is 4.79 Å². The van der Waals surface area contributed by atoms with Gasteiger partial charge in [0.2, 0.25) is 0 Å². The Morgan fingerprint density at radius 3 is 2.76 bits per heavy atom. The molecule has 3 heterocycles. The summed E-state index contributed by atoms with van der Waals surface area (Å²) in [6, 6.07) is 22.8. The molecule has 0 N–H and O–H groups in total. The van der Waals surface area contributed by atoms with Crippen LogP contribution in [0.2, 0.25) is 5.02 Å². The topological polar surface area (TPSA) is 38.8 Å². The number of benzene rings is 3. The fraction of sp³-hybridized carbons (Fsp3) is 0.321. The maximum absolute atomic E-state index is 13.8. The number of fused-ring (bicyclic) bond motifs is 7. The van der Waals surface area contributed by atoms with Crippen LogP contribution in [0.15, 0.2) is 71.2 Å². The Morgan fingerprint density at radius 1 is 1.18 bits per heavy atom. The first-order valence-electron chi connectivity index (χ1n) is 11.8. The zero-order chi connectivity index (χ0) is 23.4. The molecule has 3 aliphatic rings. The van der Waals surface area contributed by atoms with Crippen LogP contribution < -0.4 is 4.74 Å². The number of carbonyl (C=O) groups is 1. The number of esters is 1. The van der Waals surface area contributed by atoms with Crippen molar-refractivity contribution in [2.24, 2.45) is 11.8 Å². The Labute approximate surface area is 212 Å². The minimum Gasteiger partial charge on any atom is -0.493 e. The first-order chi connectivity index (χ1) is 16.6. The van der Waals surface area contributed by atoms with Gasteiger partial charge in [-0.15, -0.1) is 0 Å². The van der Waals surface area contributed by atoms with Crippen molar-refractivity contribution in [3.63, 3.8) is 0 Å². The van der Waals surface area contributed by atoms with Crippen molar-refractivity contribution in [3.8, 4) is 5.75 Å². The minimum absolute atomic E-state index is 0.00569. The lowest BCUT2D eigenvalue weighted by Crippen LogP contribution is -2.53. The van der Waals surface area contributed by atoms with Crippen LogP contribution in [0.1, 0.15) is 35.2 Å². The zero-order valence-electron chi connectivity index (χ0n) is 18.8. The summed E-state index contributed by atoms with van der Waals surface area (Å²) in [5.74, 6) is 0.180. The second-order valence-corrected chi connectivity index (χ2v) is 10.6. The van der Waals surface area contributed by atoms with Gasteiger partial charge in [-0.25, -0.2) is 0 Å². The highest BCUT2D eigenvalue weighted by atomic mass is 79.9. The minimum atomic E-state index is -0.662. The van der Waals surface area contributed by atoms with E-state index in [4.69, 9.17) is 21.1 Å². The van der Waals surface area contributed by atoms with Crippen LogP contribution in [0.4, 0.5) is 0 Å². The number of rotatable bonds is 3. The standard InChI is InChI=1S/C28H25BrClNO3/c1-2-33-27(32)25-22-16-34-24-12-11-20(30)15-21(24)26(22)31-14-13-17-5-3-4-6-23(17)28(25,31)18-7-9-19(29)10-8-18/h3-12,15,22,25-26H,2,13-14,16H2,1H3/t22-,25+,26+,28-/m1/s1. The van der Waals surface area contributed by atoms with Crippen LogP contribution in [0, 0.1) is 11.8 Å². The van der Waals surface area contributed by atoms with Gasteiger partial charge in [0.25, 0.3) is 0 Å². The van der Waals surface area contributed by atoms with E-state index in [0.29, 0.717) is 18.2 Å². The zero-order valence-corrected chi connectivity index (χ0v) is 21.2. The molecule has 0 amide bonds. The molecule has 3 aromatic carbocycles. The van der Waals surface area contributed by atoms with Crippen LogP contribution >= 0.6 is 27.5 Å². The highest BCUT2D eigenvalue weighted by molar-refractivity contribution is 9.10. The fourth-order valence-electron chi connectivity index (χ4n) is 6.55. The lowest BCUT2D eigenvalue weighted by molar-refractivity contribution is -0.152. The molecule has 3 aliphatic heterocycles. The molecule has 3 aromatic rings. The molecule has 6 heteroatoms. The SMILES string of the molecule is CCOC(=O)[C@@H]1[C@H]2COc3ccc(Cl)cc3[C@@H]2N2CCc3ccccc3[C@]12c1ccc(Br)cc1. The molecule has 0 aromatic heterocycles. The second kappa shape index (κ2) is 8.40. The molecule has 0 radical (unpaired) electrons. The van der Waals surface area contributed by atoms with Gasteiger partial charge in [0.15, 0.2) is 0 Å². The number of nitrogens with zero attached hydrogens (tertiary/aromatic N) is 1. The number of carbonyl (C=O) groups excluding carboxylic acids is 1. The Balaban J connectivity index is 1.67. The third kappa shape index (κ3) is 3.10. The molecule has 0 spiro atoms. The van der Waals surface area contributed by atoms with Gasteiger partial charge in [-0.05, 0) is 60.4 Å². The van der Waals surface area contributed by atoms with Crippen molar-refractivity contribution in [2.45, 2.75) is 24.9 Å². The average molecular weight is 539 g/mol. The third-order valence-corrected chi connectivity index (χ3v) is 8.43. The monoisotopic (exact) mass is 537 g/mol. The molecule has 0 aliphatic carbocycles. The van der Waals surface area contributed by atoms with Crippen LogP contribution in [0.25, 0.3) is 0 Å². The molecule has 34 heavy (non-hydrogen) atoms. The van der Waals surface area contributed by atoms with Crippen molar-refractivity contribution < 1.29 is 14.3 Å². The summed E-state index contributed by atoms with van der Waals surface area (Å²) >= 11 is 10.1. The van der Waals surface area contributed by atoms with E-state index in [1.54, 1.807) is 0 Å². The van der Waals surface area contributed by atoms with E-state index in [1.165, 1.54) is 11.1 Å². The van der Waals surface area contributed by atoms with Crippen molar-refractivity contribution in [2.75, 3.05) is 19.8 Å². The molecule has 0 unspecified atom stereocenters. The van der Waals surface area contributed by atoms with Crippen molar-refractivity contribution in [1.29, 1.82) is 0 Å². The van der Waals surface area contributed by atoms with Gasteiger partial charge in [-0.3, -0.25) is 9.69 Å². The molecular weight excluding hydrogens is 514 g/mol. The summed E-state index contributed by atoms with van der Waals surface area (Å²) in [6.45, 7) is 3.50. The third-order valence-electron chi connectivity index (χ3n) is 7.67. The molecule has 4 nitrogen and oxygen atoms in total. The number of hydrogen-bond donors (Lipinski definition) is 0. The first kappa shape index (κ1) is 22.1. The van der Waals surface area contributed by atoms with E-state index in [2.05, 4.69) is 69.4 Å². The fourth-order valence-corrected chi connectivity index (χ4v) is 6.99. The first-order valence-corrected chi connectivity index (χ1v) is 12.9. The second-order valence-electron chi connectivity index (χ2n) is 9.21. The Morgan fingerprint density at radius 2 is 1.97 bits per heavy atom. The predicted octanol–water partition coefficient (Wildman–Crippen LogP) is 6.15. The average Bonchev–Trinajstić information content (AvgIpc) is 3.16. The van der Waals surface area contributed by atoms with Gasteiger partial charge in [0, 0.05) is 33.6 Å². The molecular formula is C28H25BrClNO3. The quantitative estimate of drug-likeness (QED) is 0.375. The van der Waals surface area contributed by atoms with Gasteiger partial charge in [-0.1, -0.05) is 63.9 Å². The number of halogens is 2. The van der Waals surface area contributed by atoms with Crippen molar-refractivity contribution in [1.82, 2.24) is 4.90 Å². The van der Waals surface area contributed by atoms with Crippen molar-refractivity contribution >= 4 is 33.5 Å². The summed E-state index contributed by atoms with van der Waals surface area (Å²) in [6.07, 6.45) is 0.921. The van der Waals surface area contributed by atoms with E-state index in [1.807, 2.05) is 25.1 Å². The Kier molecular flexibility index (Phi) is 5.47. The smallest absolute Gasteiger partial charge is 0.312 e. The lowest BCUT2D eigenvalue weighted by Gasteiger charge is -2.48. The van der Waals surface area contributed by atoms with E-state index < -0.39 is 11.5 Å². The Hall–Kier alpha value is -2.34. The highest BCUT2D eigenvalue weighted by Gasteiger charge is 2.66. The van der Waals surface area contributed by atoms with E-state index >= 15 is 0 Å². The normalized spacial score (nSPS) is 27.1. The van der Waals surface area contributed by atoms with Crippen LogP contribution in [-0.2, 0) is 21.5 Å². The molecule has 4 atom stereocenters. The summed E-state index contributed by atoms with van der Waals surface area (Å²) in [5, 5.41) is 0.675. The van der Waals surface area contributed by atoms with Gasteiger partial charge >= 0.3 is 5.97 Å². The maximum atomic E-state index is 13.8. The van der Waals surface area contributed by atoms with Gasteiger partial charge in [0.05, 0.1) is 24.7 Å². The summed E-state index contributed by atoms with van der Waals surface area (Å²) in [4.78, 5) is 16.4. The van der Waals surface area contributed by atoms with Crippen LogP contribution in [-0.4, -0.2) is 30.6 Å². The molecule has 1 saturated heterocycles. The van der Waals surface area contributed by atoms with E-state index in [-0.39, 0.29) is 17.9 Å². The number of hydrogen-bond acceptors (Lipinski definition) is 4.